The zero-order chi connectivity index (χ0) is 11.0. The van der Waals surface area contributed by atoms with E-state index >= 15 is 0 Å². The van der Waals surface area contributed by atoms with E-state index in [0.29, 0.717) is 16.9 Å². The lowest BCUT2D eigenvalue weighted by Gasteiger charge is -1.98. The van der Waals surface area contributed by atoms with E-state index < -0.39 is 5.97 Å². The molecular weight excluding hydrogens is 196 g/mol. The maximum atomic E-state index is 10.8. The molecule has 0 saturated heterocycles. The molecule has 0 spiro atoms. The molecule has 5 heteroatoms. The molecule has 78 valence electrons. The number of carbonyl (C=O) groups is 1. The summed E-state index contributed by atoms with van der Waals surface area (Å²) in [6.07, 6.45) is 0. The molecule has 5 nitrogen and oxygen atoms in total. The number of nitrogens with zero attached hydrogens (tertiary/aromatic N) is 2. The Kier molecular flexibility index (Phi) is 2.17. The molecule has 0 fully saturated rings. The zero-order valence-electron chi connectivity index (χ0n) is 8.14. The van der Waals surface area contributed by atoms with Crippen molar-refractivity contribution >= 4 is 17.0 Å². The molecule has 0 saturated carbocycles. The van der Waals surface area contributed by atoms with Crippen LogP contribution < -0.4 is 0 Å². The van der Waals surface area contributed by atoms with E-state index in [1.165, 1.54) is 6.07 Å². The maximum Gasteiger partial charge on any atom is 0.335 e. The van der Waals surface area contributed by atoms with Gasteiger partial charge in [-0.3, -0.25) is 0 Å². The number of aliphatic hydroxyl groups excluding tert-OH is 1. The summed E-state index contributed by atoms with van der Waals surface area (Å²) in [5, 5.41) is 17.8. The largest absolute Gasteiger partial charge is 0.478 e. The molecule has 2 aromatic rings. The van der Waals surface area contributed by atoms with Crippen molar-refractivity contribution in [3.05, 3.63) is 29.6 Å². The Morgan fingerprint density at radius 1 is 1.53 bits per heavy atom. The first-order valence-electron chi connectivity index (χ1n) is 4.43. The van der Waals surface area contributed by atoms with Crippen molar-refractivity contribution in [3.8, 4) is 0 Å². The SMILES string of the molecule is Cn1c(CO)nc2ccc(C(=O)O)cc21. The lowest BCUT2D eigenvalue weighted by atomic mass is 10.2. The second-order valence-electron chi connectivity index (χ2n) is 3.25. The molecule has 2 N–H and O–H groups in total. The van der Waals surface area contributed by atoms with Gasteiger partial charge in [0.2, 0.25) is 0 Å². The highest BCUT2D eigenvalue weighted by Gasteiger charge is 2.09. The summed E-state index contributed by atoms with van der Waals surface area (Å²) < 4.78 is 1.68. The van der Waals surface area contributed by atoms with Crippen LogP contribution in [0.2, 0.25) is 0 Å². The zero-order valence-corrected chi connectivity index (χ0v) is 8.14. The van der Waals surface area contributed by atoms with Crippen LogP contribution in [0.25, 0.3) is 11.0 Å². The first kappa shape index (κ1) is 9.67. The Morgan fingerprint density at radius 3 is 2.87 bits per heavy atom. The predicted molar refractivity (Wildman–Crippen MR) is 53.6 cm³/mol. The number of benzene rings is 1. The van der Waals surface area contributed by atoms with Crippen LogP contribution in [0, 0.1) is 0 Å². The summed E-state index contributed by atoms with van der Waals surface area (Å²) in [4.78, 5) is 14.9. The van der Waals surface area contributed by atoms with Crippen molar-refractivity contribution in [3.63, 3.8) is 0 Å². The van der Waals surface area contributed by atoms with Gasteiger partial charge < -0.3 is 14.8 Å². The van der Waals surface area contributed by atoms with E-state index in [4.69, 9.17) is 10.2 Å². The minimum Gasteiger partial charge on any atom is -0.478 e. The average molecular weight is 206 g/mol. The molecule has 0 bridgehead atoms. The topological polar surface area (TPSA) is 75.3 Å². The van der Waals surface area contributed by atoms with Gasteiger partial charge in [0.1, 0.15) is 12.4 Å². The minimum absolute atomic E-state index is 0.159. The third-order valence-electron chi connectivity index (χ3n) is 2.36. The number of imidazole rings is 1. The van der Waals surface area contributed by atoms with E-state index in [0.717, 1.165) is 0 Å². The van der Waals surface area contributed by atoms with Crippen molar-refractivity contribution in [2.75, 3.05) is 0 Å². The molecule has 0 aliphatic heterocycles. The second kappa shape index (κ2) is 3.36. The van der Waals surface area contributed by atoms with E-state index in [9.17, 15) is 4.79 Å². The molecule has 1 aromatic carbocycles. The maximum absolute atomic E-state index is 10.8. The molecule has 2 rings (SSSR count). The van der Waals surface area contributed by atoms with E-state index in [-0.39, 0.29) is 12.2 Å². The normalized spacial score (nSPS) is 10.8. The van der Waals surface area contributed by atoms with Gasteiger partial charge in [0.15, 0.2) is 0 Å². The Hall–Kier alpha value is -1.88. The summed E-state index contributed by atoms with van der Waals surface area (Å²) in [6, 6.07) is 4.68. The van der Waals surface area contributed by atoms with E-state index in [1.54, 1.807) is 23.7 Å². The fraction of sp³-hybridized carbons (Fsp3) is 0.200. The highest BCUT2D eigenvalue weighted by Crippen LogP contribution is 2.16. The number of aliphatic hydroxyl groups is 1. The Labute approximate surface area is 85.6 Å². The van der Waals surface area contributed by atoms with Crippen molar-refractivity contribution in [1.29, 1.82) is 0 Å². The summed E-state index contributed by atoms with van der Waals surface area (Å²) in [6.45, 7) is -0.159. The number of rotatable bonds is 2. The molecule has 0 radical (unpaired) electrons. The van der Waals surface area contributed by atoms with Crippen LogP contribution >= 0.6 is 0 Å². The Balaban J connectivity index is 2.70. The van der Waals surface area contributed by atoms with Gasteiger partial charge >= 0.3 is 5.97 Å². The second-order valence-corrected chi connectivity index (χ2v) is 3.25. The monoisotopic (exact) mass is 206 g/mol. The van der Waals surface area contributed by atoms with E-state index in [2.05, 4.69) is 4.98 Å². The van der Waals surface area contributed by atoms with Gasteiger partial charge in [-0.1, -0.05) is 0 Å². The van der Waals surface area contributed by atoms with Crippen LogP contribution in [0.15, 0.2) is 18.2 Å². The Bertz CT molecular complexity index is 531. The first-order valence-corrected chi connectivity index (χ1v) is 4.43. The first-order chi connectivity index (χ1) is 7.13. The summed E-state index contributed by atoms with van der Waals surface area (Å²) in [5.41, 5.74) is 1.61. The smallest absolute Gasteiger partial charge is 0.335 e. The number of aromatic carboxylic acids is 1. The van der Waals surface area contributed by atoms with Gasteiger partial charge in [-0.2, -0.15) is 0 Å². The average Bonchev–Trinajstić information content (AvgIpc) is 2.55. The fourth-order valence-corrected chi connectivity index (χ4v) is 1.51. The van der Waals surface area contributed by atoms with Crippen LogP contribution in [0.4, 0.5) is 0 Å². The number of aryl methyl sites for hydroxylation is 1. The number of hydrogen-bond acceptors (Lipinski definition) is 3. The molecule has 1 aromatic heterocycles. The number of carboxylic acids is 1. The van der Waals surface area contributed by atoms with Crippen molar-refractivity contribution in [1.82, 2.24) is 9.55 Å². The molecule has 0 unspecified atom stereocenters. The van der Waals surface area contributed by atoms with E-state index in [1.807, 2.05) is 0 Å². The fourth-order valence-electron chi connectivity index (χ4n) is 1.51. The van der Waals surface area contributed by atoms with Crippen LogP contribution in [0.1, 0.15) is 16.2 Å². The minimum atomic E-state index is -0.969. The van der Waals surface area contributed by atoms with Crippen LogP contribution in [-0.4, -0.2) is 25.7 Å². The van der Waals surface area contributed by atoms with Gasteiger partial charge in [0.05, 0.1) is 16.6 Å². The third-order valence-corrected chi connectivity index (χ3v) is 2.36. The van der Waals surface area contributed by atoms with Crippen molar-refractivity contribution in [2.24, 2.45) is 7.05 Å². The Morgan fingerprint density at radius 2 is 2.27 bits per heavy atom. The van der Waals surface area contributed by atoms with Gasteiger partial charge in [-0.05, 0) is 18.2 Å². The standard InChI is InChI=1S/C10H10N2O3/c1-12-8-4-6(10(14)15)2-3-7(8)11-9(12)5-13/h2-4,13H,5H2,1H3,(H,14,15). The van der Waals surface area contributed by atoms with Crippen molar-refractivity contribution < 1.29 is 15.0 Å². The van der Waals surface area contributed by atoms with Crippen molar-refractivity contribution in [2.45, 2.75) is 6.61 Å². The van der Waals surface area contributed by atoms with Crippen LogP contribution in [0.3, 0.4) is 0 Å². The molecule has 1 heterocycles. The number of fused-ring (bicyclic) bond motifs is 1. The molecular formula is C10H10N2O3. The highest BCUT2D eigenvalue weighted by atomic mass is 16.4. The third kappa shape index (κ3) is 1.46. The highest BCUT2D eigenvalue weighted by molar-refractivity contribution is 5.92. The number of hydrogen-bond donors (Lipinski definition) is 2. The molecule has 0 amide bonds. The molecule has 15 heavy (non-hydrogen) atoms. The number of aromatic nitrogens is 2. The van der Waals surface area contributed by atoms with Gasteiger partial charge in [-0.15, -0.1) is 0 Å². The van der Waals surface area contributed by atoms with Gasteiger partial charge in [0, 0.05) is 7.05 Å². The quantitative estimate of drug-likeness (QED) is 0.760. The van der Waals surface area contributed by atoms with Crippen LogP contribution in [-0.2, 0) is 13.7 Å². The van der Waals surface area contributed by atoms with Gasteiger partial charge in [-0.25, -0.2) is 9.78 Å². The summed E-state index contributed by atoms with van der Waals surface area (Å²) >= 11 is 0. The lowest BCUT2D eigenvalue weighted by Crippen LogP contribution is -1.98. The van der Waals surface area contributed by atoms with Gasteiger partial charge in [0.25, 0.3) is 0 Å². The summed E-state index contributed by atoms with van der Waals surface area (Å²) in [7, 11) is 1.74. The lowest BCUT2D eigenvalue weighted by molar-refractivity contribution is 0.0697. The molecule has 0 atom stereocenters. The number of carboxylic acid groups (broad SMARTS) is 1. The molecule has 0 aliphatic carbocycles. The predicted octanol–water partition coefficient (Wildman–Crippen LogP) is 0.764. The summed E-state index contributed by atoms with van der Waals surface area (Å²) in [5.74, 6) is -0.448. The molecule has 0 aliphatic rings. The van der Waals surface area contributed by atoms with Crippen LogP contribution in [0.5, 0.6) is 0 Å².